The predicted molar refractivity (Wildman–Crippen MR) is 121 cm³/mol. The summed E-state index contributed by atoms with van der Waals surface area (Å²) in [7, 11) is 1.65. The molecule has 2 heterocycles. The van der Waals surface area contributed by atoms with E-state index in [4.69, 9.17) is 12.2 Å². The molecule has 0 unspecified atom stereocenters. The Bertz CT molecular complexity index is 1190. The fraction of sp³-hybridized carbons (Fsp3) is 0.364. The summed E-state index contributed by atoms with van der Waals surface area (Å²) in [6.07, 6.45) is 2.50. The summed E-state index contributed by atoms with van der Waals surface area (Å²) in [5, 5.41) is 5.29. The number of benzene rings is 1. The van der Waals surface area contributed by atoms with Crippen LogP contribution in [0.5, 0.6) is 0 Å². The number of amides is 2. The van der Waals surface area contributed by atoms with Crippen LogP contribution in [0.1, 0.15) is 51.4 Å². The normalized spacial score (nSPS) is 15.5. The van der Waals surface area contributed by atoms with Crippen LogP contribution in [0.2, 0.25) is 0 Å². The Balaban J connectivity index is 1.60. The Morgan fingerprint density at radius 2 is 1.88 bits per heavy atom. The summed E-state index contributed by atoms with van der Waals surface area (Å²) < 4.78 is 28.4. The maximum Gasteiger partial charge on any atom is 0.294 e. The lowest BCUT2D eigenvalue weighted by Crippen LogP contribution is -2.52. The van der Waals surface area contributed by atoms with Gasteiger partial charge in [-0.25, -0.2) is 14.2 Å². The lowest BCUT2D eigenvalue weighted by molar-refractivity contribution is -0.117. The molecule has 174 valence electrons. The van der Waals surface area contributed by atoms with Crippen LogP contribution in [0, 0.1) is 18.6 Å². The summed E-state index contributed by atoms with van der Waals surface area (Å²) in [4.78, 5) is 39.4. The zero-order chi connectivity index (χ0) is 23.9. The van der Waals surface area contributed by atoms with Crippen LogP contribution >= 0.6 is 12.2 Å². The van der Waals surface area contributed by atoms with Crippen LogP contribution in [0.25, 0.3) is 0 Å². The Morgan fingerprint density at radius 1 is 1.15 bits per heavy atom. The minimum absolute atomic E-state index is 0.0862. The van der Waals surface area contributed by atoms with Gasteiger partial charge in [0.05, 0.1) is 16.8 Å². The van der Waals surface area contributed by atoms with Gasteiger partial charge in [-0.15, -0.1) is 0 Å². The first-order chi connectivity index (χ1) is 15.7. The van der Waals surface area contributed by atoms with Gasteiger partial charge in [0.15, 0.2) is 11.6 Å². The van der Waals surface area contributed by atoms with Crippen molar-refractivity contribution in [1.82, 2.24) is 20.7 Å². The molecule has 8 nitrogen and oxygen atoms in total. The van der Waals surface area contributed by atoms with Crippen LogP contribution in [0.15, 0.2) is 18.2 Å². The van der Waals surface area contributed by atoms with Crippen LogP contribution in [-0.2, 0) is 17.8 Å². The van der Waals surface area contributed by atoms with E-state index in [2.05, 4.69) is 21.5 Å². The second kappa shape index (κ2) is 8.64. The van der Waals surface area contributed by atoms with Crippen molar-refractivity contribution in [3.63, 3.8) is 0 Å². The molecular formula is C22H23F2N5O3S. The van der Waals surface area contributed by atoms with Crippen molar-refractivity contribution in [2.24, 2.45) is 0 Å². The molecule has 1 aromatic heterocycles. The number of Topliss-reactive ketones (excluding diaryl/α,β-unsaturated/α-hetero) is 1. The number of ketones is 1. The van der Waals surface area contributed by atoms with Gasteiger partial charge < -0.3 is 20.6 Å². The molecule has 0 atom stereocenters. The minimum Gasteiger partial charge on any atom is -0.341 e. The van der Waals surface area contributed by atoms with Crippen LogP contribution in [-0.4, -0.2) is 39.7 Å². The topological polar surface area (TPSA) is 104 Å². The number of nitrogens with zero attached hydrogens (tertiary/aromatic N) is 1. The van der Waals surface area contributed by atoms with Gasteiger partial charge in [-0.1, -0.05) is 12.2 Å². The summed E-state index contributed by atoms with van der Waals surface area (Å²) in [5.41, 5.74) is 6.24. The molecule has 33 heavy (non-hydrogen) atoms. The fourth-order valence-electron chi connectivity index (χ4n) is 4.23. The molecule has 1 saturated carbocycles. The van der Waals surface area contributed by atoms with E-state index in [-0.39, 0.29) is 16.9 Å². The average molecular weight is 476 g/mol. The zero-order valence-corrected chi connectivity index (χ0v) is 18.9. The number of aromatic nitrogens is 1. The van der Waals surface area contributed by atoms with Crippen molar-refractivity contribution in [3.05, 3.63) is 52.3 Å². The van der Waals surface area contributed by atoms with Gasteiger partial charge in [0.1, 0.15) is 4.99 Å². The number of halogens is 2. The van der Waals surface area contributed by atoms with Crippen molar-refractivity contribution in [2.45, 2.75) is 44.7 Å². The first-order valence-electron chi connectivity index (χ1n) is 10.5. The maximum atomic E-state index is 13.5. The number of anilines is 1. The van der Waals surface area contributed by atoms with Gasteiger partial charge in [-0.2, -0.15) is 0 Å². The molecule has 0 bridgehead atoms. The molecule has 2 aromatic rings. The molecule has 1 aromatic carbocycles. The highest BCUT2D eigenvalue weighted by Crippen LogP contribution is 2.37. The van der Waals surface area contributed by atoms with Crippen molar-refractivity contribution in [3.8, 4) is 0 Å². The van der Waals surface area contributed by atoms with Gasteiger partial charge in [-0.3, -0.25) is 14.4 Å². The van der Waals surface area contributed by atoms with Gasteiger partial charge >= 0.3 is 0 Å². The third-order valence-electron chi connectivity index (χ3n) is 6.01. The number of fused-ring (bicyclic) bond motifs is 1. The van der Waals surface area contributed by atoms with Crippen LogP contribution in [0.4, 0.5) is 14.5 Å². The number of hydrazine groups is 1. The van der Waals surface area contributed by atoms with E-state index >= 15 is 0 Å². The number of thiocarbonyl (C=S) groups is 1. The lowest BCUT2D eigenvalue weighted by atomic mass is 10.0. The Labute approximate surface area is 194 Å². The number of nitrogens with one attached hydrogen (secondary N) is 4. The summed E-state index contributed by atoms with van der Waals surface area (Å²) in [6.45, 7) is 2.10. The summed E-state index contributed by atoms with van der Waals surface area (Å²) >= 11 is 5.29. The first kappa shape index (κ1) is 23.0. The molecule has 4 N–H and O–H groups in total. The molecule has 4 rings (SSSR count). The van der Waals surface area contributed by atoms with E-state index in [0.29, 0.717) is 48.5 Å². The molecular weight excluding hydrogens is 452 g/mol. The molecule has 1 fully saturated rings. The average Bonchev–Trinajstić information content (AvgIpc) is 3.31. The zero-order valence-electron chi connectivity index (χ0n) is 18.1. The standard InChI is InChI=1S/C22H23F2N5O3S/c1-11-16(19(31)26-12-5-6-13(23)14(24)10-12)15-4-3-9-29(15)17(11)18(30)20(32)27-22(7-8-22)21(33)28-25-2/h5-6,10,25H,3-4,7-9H2,1-2H3,(H,26,31)(H,27,32)(H,28,33). The van der Waals surface area contributed by atoms with E-state index in [1.165, 1.54) is 6.07 Å². The molecule has 2 amide bonds. The van der Waals surface area contributed by atoms with E-state index in [0.717, 1.165) is 12.1 Å². The monoisotopic (exact) mass is 475 g/mol. The molecule has 0 spiro atoms. The number of carbonyl (C=O) groups excluding carboxylic acids is 3. The van der Waals surface area contributed by atoms with Crippen molar-refractivity contribution >= 4 is 40.5 Å². The lowest BCUT2D eigenvalue weighted by Gasteiger charge is -2.19. The first-order valence-corrected chi connectivity index (χ1v) is 10.9. The quantitative estimate of drug-likeness (QED) is 0.212. The second-order valence-corrected chi connectivity index (χ2v) is 8.61. The summed E-state index contributed by atoms with van der Waals surface area (Å²) in [5.74, 6) is -4.21. The predicted octanol–water partition coefficient (Wildman–Crippen LogP) is 2.16. The number of carbonyl (C=O) groups is 3. The second-order valence-electron chi connectivity index (χ2n) is 8.20. The van der Waals surface area contributed by atoms with E-state index in [1.807, 2.05) is 0 Å². The molecule has 1 aliphatic carbocycles. The third kappa shape index (κ3) is 4.13. The minimum atomic E-state index is -1.08. The smallest absolute Gasteiger partial charge is 0.294 e. The molecule has 0 saturated heterocycles. The highest BCUT2D eigenvalue weighted by Gasteiger charge is 2.49. The molecule has 2 aliphatic rings. The molecule has 1 aliphatic heterocycles. The largest absolute Gasteiger partial charge is 0.341 e. The third-order valence-corrected chi connectivity index (χ3v) is 6.50. The highest BCUT2D eigenvalue weighted by molar-refractivity contribution is 7.80. The van der Waals surface area contributed by atoms with Crippen molar-refractivity contribution in [2.75, 3.05) is 12.4 Å². The Kier molecular flexibility index (Phi) is 6.02. The van der Waals surface area contributed by atoms with E-state index in [9.17, 15) is 23.2 Å². The molecule has 11 heteroatoms. The van der Waals surface area contributed by atoms with Gasteiger partial charge in [-0.05, 0) is 50.3 Å². The van der Waals surface area contributed by atoms with Gasteiger partial charge in [0.2, 0.25) is 0 Å². The van der Waals surface area contributed by atoms with Gasteiger partial charge in [0.25, 0.3) is 17.6 Å². The van der Waals surface area contributed by atoms with Crippen molar-refractivity contribution in [1.29, 1.82) is 0 Å². The SMILES string of the molecule is CNNC(=S)C1(NC(=O)C(=O)c2c(C)c(C(=O)Nc3ccc(F)c(F)c3)c3n2CCC3)CC1. The van der Waals surface area contributed by atoms with E-state index in [1.54, 1.807) is 18.5 Å². The Morgan fingerprint density at radius 3 is 2.52 bits per heavy atom. The number of hydrogen-bond donors (Lipinski definition) is 4. The number of hydrogen-bond acceptors (Lipinski definition) is 5. The van der Waals surface area contributed by atoms with Crippen LogP contribution in [0.3, 0.4) is 0 Å². The van der Waals surface area contributed by atoms with Crippen LogP contribution < -0.4 is 21.5 Å². The summed E-state index contributed by atoms with van der Waals surface area (Å²) in [6, 6.07) is 3.05. The fourth-order valence-corrected chi connectivity index (χ4v) is 4.59. The number of rotatable bonds is 7. The molecule has 0 radical (unpaired) electrons. The van der Waals surface area contributed by atoms with Crippen molar-refractivity contribution < 1.29 is 23.2 Å². The Hall–Kier alpha value is -3.18. The van der Waals surface area contributed by atoms with E-state index < -0.39 is 34.8 Å². The van der Waals surface area contributed by atoms with Gasteiger partial charge in [0, 0.05) is 31.0 Å². The highest BCUT2D eigenvalue weighted by atomic mass is 32.1. The maximum absolute atomic E-state index is 13.5.